The van der Waals surface area contributed by atoms with Crippen LogP contribution in [0.2, 0.25) is 0 Å². The Morgan fingerprint density at radius 3 is 2.62 bits per heavy atom. The molecule has 16 heavy (non-hydrogen) atoms. The largest absolute Gasteiger partial charge is 0.465 e. The Kier molecular flexibility index (Phi) is 3.85. The fourth-order valence-corrected chi connectivity index (χ4v) is 1.50. The molecular weight excluding hydrogens is 236 g/mol. The van der Waals surface area contributed by atoms with Crippen LogP contribution in [0.5, 0.6) is 0 Å². The molecule has 0 heterocycles. The number of benzene rings is 1. The van der Waals surface area contributed by atoms with Crippen molar-refractivity contribution in [3.8, 4) is 6.07 Å². The summed E-state index contributed by atoms with van der Waals surface area (Å²) in [6, 6.07) is 3.93. The molecule has 0 bridgehead atoms. The van der Waals surface area contributed by atoms with Crippen LogP contribution in [0.4, 0.5) is 8.78 Å². The van der Waals surface area contributed by atoms with E-state index >= 15 is 0 Å². The van der Waals surface area contributed by atoms with Gasteiger partial charge in [-0.25, -0.2) is 13.6 Å². The van der Waals surface area contributed by atoms with E-state index in [1.54, 1.807) is 6.07 Å². The van der Waals surface area contributed by atoms with Crippen molar-refractivity contribution >= 4 is 18.6 Å². The van der Waals surface area contributed by atoms with Crippen molar-refractivity contribution in [3.05, 3.63) is 28.8 Å². The van der Waals surface area contributed by atoms with Gasteiger partial charge in [-0.2, -0.15) is 5.26 Å². The van der Waals surface area contributed by atoms with Gasteiger partial charge < -0.3 is 4.74 Å². The van der Waals surface area contributed by atoms with Crippen molar-refractivity contribution < 1.29 is 18.3 Å². The monoisotopic (exact) mass is 243 g/mol. The zero-order valence-electron chi connectivity index (χ0n) is 8.20. The van der Waals surface area contributed by atoms with Gasteiger partial charge in [-0.05, 0) is 12.1 Å². The Bertz CT molecular complexity index is 469. The lowest BCUT2D eigenvalue weighted by atomic mass is 10.0. The number of esters is 1. The van der Waals surface area contributed by atoms with Crippen LogP contribution in [0.3, 0.4) is 0 Å². The van der Waals surface area contributed by atoms with Crippen LogP contribution in [-0.2, 0) is 4.74 Å². The minimum Gasteiger partial charge on any atom is -0.465 e. The van der Waals surface area contributed by atoms with Gasteiger partial charge in [-0.15, -0.1) is 12.6 Å². The highest BCUT2D eigenvalue weighted by atomic mass is 32.1. The van der Waals surface area contributed by atoms with E-state index in [4.69, 9.17) is 5.26 Å². The molecule has 3 nitrogen and oxygen atoms in total. The minimum absolute atomic E-state index is 0.251. The number of ether oxygens (including phenoxy) is 1. The molecular formula is C10H7F2NO2S. The molecule has 1 rings (SSSR count). The third-order valence-electron chi connectivity index (χ3n) is 1.91. The standard InChI is InChI=1S/C10H7F2NO2S/c1-15-10(14)7-3-6(16)2-5(4-13)8(7)9(11)12/h2-3,9,16H,1H3. The fourth-order valence-electron chi connectivity index (χ4n) is 1.24. The average molecular weight is 243 g/mol. The van der Waals surface area contributed by atoms with Gasteiger partial charge >= 0.3 is 5.97 Å². The SMILES string of the molecule is COC(=O)c1cc(S)cc(C#N)c1C(F)F. The number of nitrogens with zero attached hydrogens (tertiary/aromatic N) is 1. The van der Waals surface area contributed by atoms with Crippen LogP contribution in [0, 0.1) is 11.3 Å². The third kappa shape index (κ3) is 2.31. The van der Waals surface area contributed by atoms with Gasteiger partial charge in [0.25, 0.3) is 6.43 Å². The number of rotatable bonds is 2. The van der Waals surface area contributed by atoms with Gasteiger partial charge in [0, 0.05) is 4.90 Å². The van der Waals surface area contributed by atoms with Gasteiger partial charge in [0.05, 0.1) is 29.9 Å². The van der Waals surface area contributed by atoms with Crippen molar-refractivity contribution in [2.24, 2.45) is 0 Å². The molecule has 0 amide bonds. The second-order valence-electron chi connectivity index (χ2n) is 2.86. The van der Waals surface area contributed by atoms with Crippen LogP contribution in [0.25, 0.3) is 0 Å². The lowest BCUT2D eigenvalue weighted by Gasteiger charge is -2.09. The summed E-state index contributed by atoms with van der Waals surface area (Å²) in [6.07, 6.45) is -2.92. The summed E-state index contributed by atoms with van der Waals surface area (Å²) in [5, 5.41) is 8.70. The molecule has 0 spiro atoms. The second kappa shape index (κ2) is 4.94. The highest BCUT2D eigenvalue weighted by Crippen LogP contribution is 2.29. The maximum absolute atomic E-state index is 12.7. The zero-order valence-corrected chi connectivity index (χ0v) is 9.09. The Labute approximate surface area is 96.0 Å². The van der Waals surface area contributed by atoms with E-state index in [1.165, 1.54) is 6.07 Å². The first-order valence-electron chi connectivity index (χ1n) is 4.14. The topological polar surface area (TPSA) is 50.1 Å². The number of alkyl halides is 2. The summed E-state index contributed by atoms with van der Waals surface area (Å²) in [5.74, 6) is -0.914. The summed E-state index contributed by atoms with van der Waals surface area (Å²) >= 11 is 3.92. The van der Waals surface area contributed by atoms with E-state index in [-0.39, 0.29) is 16.0 Å². The molecule has 0 fully saturated rings. The first-order valence-corrected chi connectivity index (χ1v) is 4.59. The maximum Gasteiger partial charge on any atom is 0.338 e. The fraction of sp³-hybridized carbons (Fsp3) is 0.200. The molecule has 0 aliphatic rings. The van der Waals surface area contributed by atoms with Crippen LogP contribution in [-0.4, -0.2) is 13.1 Å². The molecule has 0 saturated heterocycles. The van der Waals surface area contributed by atoms with Crippen molar-refractivity contribution in [1.82, 2.24) is 0 Å². The normalized spacial score (nSPS) is 10.0. The Morgan fingerprint density at radius 1 is 1.56 bits per heavy atom. The molecule has 0 aliphatic carbocycles. The van der Waals surface area contributed by atoms with Gasteiger partial charge in [0.2, 0.25) is 0 Å². The average Bonchev–Trinajstić information content (AvgIpc) is 2.26. The lowest BCUT2D eigenvalue weighted by Crippen LogP contribution is -2.08. The maximum atomic E-state index is 12.7. The van der Waals surface area contributed by atoms with Gasteiger partial charge in [0.1, 0.15) is 0 Å². The molecule has 0 aliphatic heterocycles. The number of carbonyl (C=O) groups is 1. The van der Waals surface area contributed by atoms with Gasteiger partial charge in [0.15, 0.2) is 0 Å². The van der Waals surface area contributed by atoms with Crippen LogP contribution in [0.15, 0.2) is 17.0 Å². The predicted octanol–water partition coefficient (Wildman–Crippen LogP) is 2.57. The summed E-state index contributed by atoms with van der Waals surface area (Å²) in [5.41, 5.74) is -1.23. The first-order chi connectivity index (χ1) is 7.51. The number of thiol groups is 1. The zero-order chi connectivity index (χ0) is 12.3. The quantitative estimate of drug-likeness (QED) is 0.641. The summed E-state index contributed by atoms with van der Waals surface area (Å²) in [7, 11) is 1.08. The number of hydrogen-bond donors (Lipinski definition) is 1. The molecule has 1 aromatic rings. The Morgan fingerprint density at radius 2 is 2.19 bits per heavy atom. The minimum atomic E-state index is -2.92. The Hall–Kier alpha value is -1.61. The highest BCUT2D eigenvalue weighted by molar-refractivity contribution is 7.80. The molecule has 0 unspecified atom stereocenters. The number of carbonyl (C=O) groups excluding carboxylic acids is 1. The molecule has 6 heteroatoms. The Balaban J connectivity index is 3.52. The third-order valence-corrected chi connectivity index (χ3v) is 2.17. The van der Waals surface area contributed by atoms with Crippen molar-refractivity contribution in [2.45, 2.75) is 11.3 Å². The smallest absolute Gasteiger partial charge is 0.338 e. The molecule has 1 aromatic carbocycles. The second-order valence-corrected chi connectivity index (χ2v) is 3.38. The molecule has 84 valence electrons. The summed E-state index contributed by atoms with van der Waals surface area (Å²) in [6.45, 7) is 0. The first kappa shape index (κ1) is 12.5. The van der Waals surface area contributed by atoms with Crippen LogP contribution >= 0.6 is 12.6 Å². The van der Waals surface area contributed by atoms with E-state index in [0.717, 1.165) is 13.2 Å². The molecule has 0 atom stereocenters. The number of halogens is 2. The number of nitriles is 1. The van der Waals surface area contributed by atoms with E-state index in [9.17, 15) is 13.6 Å². The van der Waals surface area contributed by atoms with Crippen LogP contribution < -0.4 is 0 Å². The molecule has 0 aromatic heterocycles. The van der Waals surface area contributed by atoms with Crippen LogP contribution in [0.1, 0.15) is 27.9 Å². The van der Waals surface area contributed by atoms with E-state index in [2.05, 4.69) is 17.4 Å². The number of hydrogen-bond acceptors (Lipinski definition) is 4. The van der Waals surface area contributed by atoms with Crippen molar-refractivity contribution in [1.29, 1.82) is 5.26 Å². The summed E-state index contributed by atoms with van der Waals surface area (Å²) < 4.78 is 29.8. The van der Waals surface area contributed by atoms with Crippen molar-refractivity contribution in [2.75, 3.05) is 7.11 Å². The summed E-state index contributed by atoms with van der Waals surface area (Å²) in [4.78, 5) is 11.5. The van der Waals surface area contributed by atoms with E-state index in [1.807, 2.05) is 0 Å². The van der Waals surface area contributed by atoms with E-state index < -0.39 is 18.0 Å². The molecule has 0 saturated carbocycles. The number of methoxy groups -OCH3 is 1. The highest BCUT2D eigenvalue weighted by Gasteiger charge is 2.23. The predicted molar refractivity (Wildman–Crippen MR) is 54.7 cm³/mol. The molecule has 0 radical (unpaired) electrons. The van der Waals surface area contributed by atoms with Gasteiger partial charge in [-0.1, -0.05) is 0 Å². The van der Waals surface area contributed by atoms with Crippen molar-refractivity contribution in [3.63, 3.8) is 0 Å². The lowest BCUT2D eigenvalue weighted by molar-refractivity contribution is 0.0589. The van der Waals surface area contributed by atoms with Gasteiger partial charge in [-0.3, -0.25) is 0 Å². The van der Waals surface area contributed by atoms with E-state index in [0.29, 0.717) is 0 Å². The molecule has 0 N–H and O–H groups in total.